The smallest absolute Gasteiger partial charge is 0.257 e. The van der Waals surface area contributed by atoms with Gasteiger partial charge in [0, 0.05) is 31.5 Å². The first kappa shape index (κ1) is 14.2. The van der Waals surface area contributed by atoms with Crippen LogP contribution in [0.2, 0.25) is 0 Å². The Labute approximate surface area is 135 Å². The zero-order valence-electron chi connectivity index (χ0n) is 12.9. The third-order valence-electron chi connectivity index (χ3n) is 4.46. The van der Waals surface area contributed by atoms with Gasteiger partial charge in [0.25, 0.3) is 5.91 Å². The average molecular weight is 309 g/mol. The second-order valence-electron chi connectivity index (χ2n) is 5.81. The Morgan fingerprint density at radius 3 is 2.74 bits per heavy atom. The molecule has 0 unspecified atom stereocenters. The number of fused-ring (bicyclic) bond motifs is 1. The standard InChI is InChI=1S/C18H19N3O2/c22-18(20-10-12-23-13-11-20)15-5-3-8-19-17(15)21-9-7-14-4-1-2-6-16(14)21/h1-6,8H,7,9-13H2. The van der Waals surface area contributed by atoms with Crippen LogP contribution in [0.1, 0.15) is 15.9 Å². The van der Waals surface area contributed by atoms with Gasteiger partial charge in [-0.05, 0) is 30.2 Å². The van der Waals surface area contributed by atoms with E-state index in [1.807, 2.05) is 23.1 Å². The number of aromatic nitrogens is 1. The molecule has 1 saturated heterocycles. The van der Waals surface area contributed by atoms with E-state index in [-0.39, 0.29) is 5.91 Å². The van der Waals surface area contributed by atoms with Gasteiger partial charge < -0.3 is 14.5 Å². The molecule has 1 amide bonds. The molecule has 0 aliphatic carbocycles. The Bertz CT molecular complexity index is 726. The van der Waals surface area contributed by atoms with Gasteiger partial charge in [-0.2, -0.15) is 0 Å². The van der Waals surface area contributed by atoms with Gasteiger partial charge >= 0.3 is 0 Å². The van der Waals surface area contributed by atoms with E-state index in [9.17, 15) is 4.79 Å². The molecule has 1 aromatic carbocycles. The number of hydrogen-bond donors (Lipinski definition) is 0. The lowest BCUT2D eigenvalue weighted by Gasteiger charge is -2.28. The molecule has 4 rings (SSSR count). The number of morpholine rings is 1. The summed E-state index contributed by atoms with van der Waals surface area (Å²) in [6.45, 7) is 3.36. The van der Waals surface area contributed by atoms with Crippen molar-refractivity contribution in [1.29, 1.82) is 0 Å². The maximum atomic E-state index is 12.9. The highest BCUT2D eigenvalue weighted by Crippen LogP contribution is 2.35. The quantitative estimate of drug-likeness (QED) is 0.853. The summed E-state index contributed by atoms with van der Waals surface area (Å²) in [5.41, 5.74) is 3.14. The fourth-order valence-corrected chi connectivity index (χ4v) is 3.27. The molecular weight excluding hydrogens is 290 g/mol. The van der Waals surface area contributed by atoms with Crippen LogP contribution in [-0.4, -0.2) is 48.6 Å². The summed E-state index contributed by atoms with van der Waals surface area (Å²) in [5, 5.41) is 0. The number of carbonyl (C=O) groups excluding carboxylic acids is 1. The van der Waals surface area contributed by atoms with Crippen LogP contribution < -0.4 is 4.90 Å². The number of nitrogens with zero attached hydrogens (tertiary/aromatic N) is 3. The van der Waals surface area contributed by atoms with Crippen LogP contribution in [-0.2, 0) is 11.2 Å². The van der Waals surface area contributed by atoms with E-state index >= 15 is 0 Å². The summed E-state index contributed by atoms with van der Waals surface area (Å²) < 4.78 is 5.34. The third-order valence-corrected chi connectivity index (χ3v) is 4.46. The molecular formula is C18H19N3O2. The molecule has 0 atom stereocenters. The molecule has 1 fully saturated rings. The molecule has 0 spiro atoms. The van der Waals surface area contributed by atoms with Gasteiger partial charge in [-0.15, -0.1) is 0 Å². The van der Waals surface area contributed by atoms with E-state index < -0.39 is 0 Å². The molecule has 2 aliphatic rings. The highest BCUT2D eigenvalue weighted by molar-refractivity contribution is 6.00. The van der Waals surface area contributed by atoms with Crippen LogP contribution in [0.4, 0.5) is 11.5 Å². The Kier molecular flexibility index (Phi) is 3.71. The summed E-state index contributed by atoms with van der Waals surface area (Å²) in [7, 11) is 0. The van der Waals surface area contributed by atoms with Crippen molar-refractivity contribution in [1.82, 2.24) is 9.88 Å². The molecule has 2 aliphatic heterocycles. The van der Waals surface area contributed by atoms with Crippen LogP contribution >= 0.6 is 0 Å². The summed E-state index contributed by atoms with van der Waals surface area (Å²) in [6, 6.07) is 12.0. The average Bonchev–Trinajstić information content (AvgIpc) is 3.06. The highest BCUT2D eigenvalue weighted by Gasteiger charge is 2.27. The van der Waals surface area contributed by atoms with Gasteiger partial charge in [0.05, 0.1) is 18.8 Å². The molecule has 5 heteroatoms. The van der Waals surface area contributed by atoms with Gasteiger partial charge in [-0.25, -0.2) is 4.98 Å². The van der Waals surface area contributed by atoms with Crippen molar-refractivity contribution in [3.8, 4) is 0 Å². The molecule has 0 saturated carbocycles. The highest BCUT2D eigenvalue weighted by atomic mass is 16.5. The fraction of sp³-hybridized carbons (Fsp3) is 0.333. The number of hydrogen-bond acceptors (Lipinski definition) is 4. The lowest BCUT2D eigenvalue weighted by atomic mass is 10.1. The Morgan fingerprint density at radius 2 is 1.87 bits per heavy atom. The monoisotopic (exact) mass is 309 g/mol. The lowest BCUT2D eigenvalue weighted by molar-refractivity contribution is 0.0303. The zero-order chi connectivity index (χ0) is 15.6. The Hall–Kier alpha value is -2.40. The van der Waals surface area contributed by atoms with E-state index in [1.165, 1.54) is 5.56 Å². The number of carbonyl (C=O) groups is 1. The summed E-state index contributed by atoms with van der Waals surface area (Å²) in [5.74, 6) is 0.801. The van der Waals surface area contributed by atoms with Crippen LogP contribution in [0.5, 0.6) is 0 Å². The third kappa shape index (κ3) is 2.57. The molecule has 0 radical (unpaired) electrons. The number of amides is 1. The van der Waals surface area contributed by atoms with E-state index in [2.05, 4.69) is 28.1 Å². The van der Waals surface area contributed by atoms with Crippen LogP contribution in [0.15, 0.2) is 42.6 Å². The van der Waals surface area contributed by atoms with E-state index in [0.717, 1.165) is 24.5 Å². The van der Waals surface area contributed by atoms with Crippen LogP contribution in [0.25, 0.3) is 0 Å². The molecule has 0 N–H and O–H groups in total. The predicted molar refractivity (Wildman–Crippen MR) is 88.1 cm³/mol. The van der Waals surface area contributed by atoms with Crippen molar-refractivity contribution in [2.45, 2.75) is 6.42 Å². The Morgan fingerprint density at radius 1 is 1.04 bits per heavy atom. The van der Waals surface area contributed by atoms with Gasteiger partial charge in [-0.3, -0.25) is 4.79 Å². The second-order valence-corrected chi connectivity index (χ2v) is 5.81. The van der Waals surface area contributed by atoms with Crippen LogP contribution in [0.3, 0.4) is 0 Å². The molecule has 118 valence electrons. The first-order chi connectivity index (χ1) is 11.3. The number of benzene rings is 1. The number of pyridine rings is 1. The lowest BCUT2D eigenvalue weighted by Crippen LogP contribution is -2.41. The van der Waals surface area contributed by atoms with Gasteiger partial charge in [0.1, 0.15) is 5.82 Å². The summed E-state index contributed by atoms with van der Waals surface area (Å²) >= 11 is 0. The number of anilines is 2. The van der Waals surface area contributed by atoms with Crippen molar-refractivity contribution >= 4 is 17.4 Å². The van der Waals surface area contributed by atoms with Crippen molar-refractivity contribution < 1.29 is 9.53 Å². The van der Waals surface area contributed by atoms with Crippen molar-refractivity contribution in [3.63, 3.8) is 0 Å². The SMILES string of the molecule is O=C(c1cccnc1N1CCc2ccccc21)N1CCOCC1. The predicted octanol–water partition coefficient (Wildman–Crippen LogP) is 2.25. The van der Waals surface area contributed by atoms with E-state index in [4.69, 9.17) is 4.74 Å². The van der Waals surface area contributed by atoms with Gasteiger partial charge in [-0.1, -0.05) is 18.2 Å². The number of ether oxygens (including phenoxy) is 1. The van der Waals surface area contributed by atoms with Crippen molar-refractivity contribution in [2.75, 3.05) is 37.7 Å². The maximum Gasteiger partial charge on any atom is 0.257 e. The molecule has 2 aromatic rings. The zero-order valence-corrected chi connectivity index (χ0v) is 12.9. The first-order valence-corrected chi connectivity index (χ1v) is 8.02. The fourth-order valence-electron chi connectivity index (χ4n) is 3.27. The minimum atomic E-state index is 0.0424. The van der Waals surface area contributed by atoms with Crippen molar-refractivity contribution in [3.05, 3.63) is 53.7 Å². The first-order valence-electron chi connectivity index (χ1n) is 8.02. The van der Waals surface area contributed by atoms with E-state index in [1.54, 1.807) is 6.20 Å². The van der Waals surface area contributed by atoms with Gasteiger partial charge in [0.2, 0.25) is 0 Å². The van der Waals surface area contributed by atoms with Crippen LogP contribution in [0, 0.1) is 0 Å². The normalized spacial score (nSPS) is 17.2. The number of rotatable bonds is 2. The molecule has 23 heavy (non-hydrogen) atoms. The minimum Gasteiger partial charge on any atom is -0.378 e. The number of para-hydroxylation sites is 1. The summed E-state index contributed by atoms with van der Waals surface area (Å²) in [6.07, 6.45) is 2.74. The van der Waals surface area contributed by atoms with E-state index in [0.29, 0.717) is 31.9 Å². The minimum absolute atomic E-state index is 0.0424. The molecule has 3 heterocycles. The van der Waals surface area contributed by atoms with Gasteiger partial charge in [0.15, 0.2) is 0 Å². The van der Waals surface area contributed by atoms with Crippen molar-refractivity contribution in [2.24, 2.45) is 0 Å². The second kappa shape index (κ2) is 6.01. The topological polar surface area (TPSA) is 45.7 Å². The molecule has 1 aromatic heterocycles. The largest absolute Gasteiger partial charge is 0.378 e. The molecule has 0 bridgehead atoms. The Balaban J connectivity index is 1.69. The maximum absolute atomic E-state index is 12.9. The molecule has 5 nitrogen and oxygen atoms in total. The summed E-state index contributed by atoms with van der Waals surface area (Å²) in [4.78, 5) is 21.4.